The molecule has 1 aliphatic rings. The zero-order valence-electron chi connectivity index (χ0n) is 12.0. The smallest absolute Gasteiger partial charge is 0.274 e. The van der Waals surface area contributed by atoms with Gasteiger partial charge in [-0.3, -0.25) is 9.52 Å². The quantitative estimate of drug-likeness (QED) is 0.920. The van der Waals surface area contributed by atoms with Gasteiger partial charge in [0.1, 0.15) is 0 Å². The van der Waals surface area contributed by atoms with Crippen LogP contribution in [0.15, 0.2) is 24.3 Å². The van der Waals surface area contributed by atoms with Crippen LogP contribution < -0.4 is 4.72 Å². The molecule has 0 spiro atoms. The average Bonchev–Trinajstić information content (AvgIpc) is 3.17. The van der Waals surface area contributed by atoms with Gasteiger partial charge in [0.05, 0.1) is 10.8 Å². The lowest BCUT2D eigenvalue weighted by atomic mass is 10.1. The summed E-state index contributed by atoms with van der Waals surface area (Å²) < 4.78 is 63.2. The maximum Gasteiger partial charge on any atom is 0.416 e. The van der Waals surface area contributed by atoms with Crippen molar-refractivity contribution in [1.29, 1.82) is 0 Å². The Labute approximate surface area is 126 Å². The van der Waals surface area contributed by atoms with Crippen molar-refractivity contribution in [3.05, 3.63) is 35.4 Å². The number of nitrogens with one attached hydrogen (secondary N) is 1. The average molecular weight is 335 g/mol. The number of hydrogen-bond acceptors (Lipinski definition) is 3. The third-order valence-corrected chi connectivity index (χ3v) is 5.36. The summed E-state index contributed by atoms with van der Waals surface area (Å²) in [6.07, 6.45) is -4.09. The molecule has 1 aliphatic carbocycles. The van der Waals surface area contributed by atoms with Gasteiger partial charge >= 0.3 is 6.18 Å². The summed E-state index contributed by atoms with van der Waals surface area (Å²) in [5.74, 6) is -1.63. The van der Waals surface area contributed by atoms with Gasteiger partial charge in [-0.15, -0.1) is 0 Å². The van der Waals surface area contributed by atoms with Crippen molar-refractivity contribution in [3.63, 3.8) is 0 Å². The van der Waals surface area contributed by atoms with Crippen LogP contribution in [0.1, 0.15) is 37.3 Å². The van der Waals surface area contributed by atoms with Gasteiger partial charge in [-0.2, -0.15) is 13.2 Å². The summed E-state index contributed by atoms with van der Waals surface area (Å²) in [6, 6.07) is 4.78. The number of hydrogen-bond donors (Lipinski definition) is 1. The number of benzene rings is 1. The molecule has 1 aromatic rings. The van der Waals surface area contributed by atoms with Gasteiger partial charge in [0.15, 0.2) is 0 Å². The standard InChI is InChI=1S/C14H16F3NO3S/c1-8(2)22(20,21)18-13(19)12-7-11(12)9-4-3-5-10(6-9)14(15,16)17/h3-6,8,11-12H,7H2,1-2H3,(H,18,19)/t11-,12-/m1/s1. The summed E-state index contributed by atoms with van der Waals surface area (Å²) in [7, 11) is -3.72. The first-order valence-electron chi connectivity index (χ1n) is 6.75. The molecule has 0 aromatic heterocycles. The number of rotatable bonds is 4. The number of carbonyl (C=O) groups is 1. The molecule has 22 heavy (non-hydrogen) atoms. The van der Waals surface area contributed by atoms with Crippen LogP contribution >= 0.6 is 0 Å². The second-order valence-corrected chi connectivity index (χ2v) is 7.87. The molecule has 0 unspecified atom stereocenters. The van der Waals surface area contributed by atoms with E-state index in [1.54, 1.807) is 0 Å². The molecule has 0 aliphatic heterocycles. The zero-order chi connectivity index (χ0) is 16.7. The van der Waals surface area contributed by atoms with Crippen molar-refractivity contribution in [1.82, 2.24) is 4.72 Å². The Morgan fingerprint density at radius 3 is 2.50 bits per heavy atom. The highest BCUT2D eigenvalue weighted by Gasteiger charge is 2.45. The molecule has 1 aromatic carbocycles. The number of sulfonamides is 1. The monoisotopic (exact) mass is 335 g/mol. The zero-order valence-corrected chi connectivity index (χ0v) is 12.8. The SMILES string of the molecule is CC(C)S(=O)(=O)NC(=O)[C@@H]1C[C@@H]1c1cccc(C(F)(F)F)c1. The highest BCUT2D eigenvalue weighted by atomic mass is 32.2. The molecule has 8 heteroatoms. The fourth-order valence-corrected chi connectivity index (χ4v) is 2.80. The minimum atomic E-state index is -4.44. The lowest BCUT2D eigenvalue weighted by Crippen LogP contribution is -2.36. The van der Waals surface area contributed by atoms with Crippen LogP contribution in [0.2, 0.25) is 0 Å². The molecule has 1 fully saturated rings. The van der Waals surface area contributed by atoms with Crippen LogP contribution in [-0.4, -0.2) is 19.6 Å². The van der Waals surface area contributed by atoms with Crippen molar-refractivity contribution in [2.45, 2.75) is 37.6 Å². The van der Waals surface area contributed by atoms with E-state index < -0.39 is 38.8 Å². The largest absolute Gasteiger partial charge is 0.416 e. The van der Waals surface area contributed by atoms with Crippen molar-refractivity contribution >= 4 is 15.9 Å². The molecule has 2 rings (SSSR count). The second kappa shape index (κ2) is 5.57. The van der Waals surface area contributed by atoms with Crippen LogP contribution in [0.4, 0.5) is 13.2 Å². The molecule has 0 bridgehead atoms. The first kappa shape index (κ1) is 16.8. The lowest BCUT2D eigenvalue weighted by Gasteiger charge is -2.10. The molecular weight excluding hydrogens is 319 g/mol. The van der Waals surface area contributed by atoms with Crippen LogP contribution in [0.3, 0.4) is 0 Å². The minimum Gasteiger partial charge on any atom is -0.274 e. The van der Waals surface area contributed by atoms with Crippen LogP contribution in [0.5, 0.6) is 0 Å². The maximum absolute atomic E-state index is 12.7. The number of alkyl halides is 3. The molecule has 4 nitrogen and oxygen atoms in total. The highest BCUT2D eigenvalue weighted by molar-refractivity contribution is 7.90. The van der Waals surface area contributed by atoms with Gasteiger partial charge in [-0.1, -0.05) is 18.2 Å². The van der Waals surface area contributed by atoms with Crippen molar-refractivity contribution in [2.24, 2.45) is 5.92 Å². The lowest BCUT2D eigenvalue weighted by molar-refractivity contribution is -0.137. The highest BCUT2D eigenvalue weighted by Crippen LogP contribution is 2.48. The molecule has 1 amide bonds. The van der Waals surface area contributed by atoms with Gasteiger partial charge in [0, 0.05) is 5.92 Å². The van der Waals surface area contributed by atoms with E-state index in [-0.39, 0.29) is 5.92 Å². The topological polar surface area (TPSA) is 63.2 Å². The van der Waals surface area contributed by atoms with E-state index in [1.807, 2.05) is 4.72 Å². The minimum absolute atomic E-state index is 0.348. The summed E-state index contributed by atoms with van der Waals surface area (Å²) in [5.41, 5.74) is -0.372. The molecule has 0 radical (unpaired) electrons. The summed E-state index contributed by atoms with van der Waals surface area (Å²) in [5, 5.41) is -0.748. The van der Waals surface area contributed by atoms with Gasteiger partial charge in [0.25, 0.3) is 0 Å². The van der Waals surface area contributed by atoms with E-state index >= 15 is 0 Å². The van der Waals surface area contributed by atoms with Crippen LogP contribution in [-0.2, 0) is 21.0 Å². The fraction of sp³-hybridized carbons (Fsp3) is 0.500. The Morgan fingerprint density at radius 1 is 1.32 bits per heavy atom. The summed E-state index contributed by atoms with van der Waals surface area (Å²) in [4.78, 5) is 11.9. The number of halogens is 3. The number of amides is 1. The van der Waals surface area contributed by atoms with E-state index in [0.29, 0.717) is 12.0 Å². The Morgan fingerprint density at radius 2 is 1.95 bits per heavy atom. The van der Waals surface area contributed by atoms with E-state index in [1.165, 1.54) is 26.0 Å². The van der Waals surface area contributed by atoms with Gasteiger partial charge in [0.2, 0.25) is 15.9 Å². The normalized spacial score (nSPS) is 21.7. The van der Waals surface area contributed by atoms with Crippen molar-refractivity contribution in [3.8, 4) is 0 Å². The first-order chi connectivity index (χ1) is 10.0. The van der Waals surface area contributed by atoms with E-state index in [9.17, 15) is 26.4 Å². The fourth-order valence-electron chi connectivity index (χ4n) is 2.13. The molecule has 2 atom stereocenters. The Hall–Kier alpha value is -1.57. The predicted molar refractivity (Wildman–Crippen MR) is 74.5 cm³/mol. The Balaban J connectivity index is 2.08. The Bertz CT molecular complexity index is 683. The Kier molecular flexibility index (Phi) is 4.25. The summed E-state index contributed by atoms with van der Waals surface area (Å²) >= 11 is 0. The van der Waals surface area contributed by atoms with Crippen molar-refractivity contribution < 1.29 is 26.4 Å². The third-order valence-electron chi connectivity index (χ3n) is 3.63. The summed E-state index contributed by atoms with van der Waals surface area (Å²) in [6.45, 7) is 2.87. The third kappa shape index (κ3) is 3.60. The molecule has 122 valence electrons. The van der Waals surface area contributed by atoms with E-state index in [0.717, 1.165) is 12.1 Å². The van der Waals surface area contributed by atoms with Gasteiger partial charge < -0.3 is 0 Å². The molecule has 1 saturated carbocycles. The second-order valence-electron chi connectivity index (χ2n) is 5.63. The molecular formula is C14H16F3NO3S. The predicted octanol–water partition coefficient (Wildman–Crippen LogP) is 2.66. The van der Waals surface area contributed by atoms with Crippen LogP contribution in [0, 0.1) is 5.92 Å². The molecule has 1 N–H and O–H groups in total. The van der Waals surface area contributed by atoms with Crippen LogP contribution in [0.25, 0.3) is 0 Å². The number of carbonyl (C=O) groups excluding carboxylic acids is 1. The molecule has 0 heterocycles. The molecule has 0 saturated heterocycles. The maximum atomic E-state index is 12.7. The van der Waals surface area contributed by atoms with Gasteiger partial charge in [-0.05, 0) is 37.8 Å². The first-order valence-corrected chi connectivity index (χ1v) is 8.29. The van der Waals surface area contributed by atoms with Crippen molar-refractivity contribution in [2.75, 3.05) is 0 Å². The van der Waals surface area contributed by atoms with E-state index in [2.05, 4.69) is 0 Å². The van der Waals surface area contributed by atoms with Gasteiger partial charge in [-0.25, -0.2) is 8.42 Å². The van der Waals surface area contributed by atoms with E-state index in [4.69, 9.17) is 0 Å².